The Bertz CT molecular complexity index is 486. The van der Waals surface area contributed by atoms with Gasteiger partial charge in [-0.25, -0.2) is 0 Å². The smallest absolute Gasteiger partial charge is 0.124 e. The molecule has 20 heavy (non-hydrogen) atoms. The molecule has 0 amide bonds. The SMILES string of the molecule is COc1cc(C)cc(C)c1C(N)C1C(C)OC(C)C1C. The van der Waals surface area contributed by atoms with Crippen LogP contribution in [-0.4, -0.2) is 19.3 Å². The molecule has 1 heterocycles. The Kier molecular flexibility index (Phi) is 4.40. The highest BCUT2D eigenvalue weighted by Gasteiger charge is 2.41. The summed E-state index contributed by atoms with van der Waals surface area (Å²) in [5.74, 6) is 1.67. The summed E-state index contributed by atoms with van der Waals surface area (Å²) in [6, 6.07) is 4.18. The molecule has 2 rings (SSSR count). The summed E-state index contributed by atoms with van der Waals surface area (Å²) in [6.07, 6.45) is 0.443. The summed E-state index contributed by atoms with van der Waals surface area (Å²) in [4.78, 5) is 0. The Balaban J connectivity index is 2.41. The van der Waals surface area contributed by atoms with E-state index >= 15 is 0 Å². The van der Waals surface area contributed by atoms with Crippen molar-refractivity contribution in [1.29, 1.82) is 0 Å². The van der Waals surface area contributed by atoms with Crippen molar-refractivity contribution in [1.82, 2.24) is 0 Å². The number of hydrogen-bond acceptors (Lipinski definition) is 3. The predicted octanol–water partition coefficient (Wildman–Crippen LogP) is 3.37. The van der Waals surface area contributed by atoms with Gasteiger partial charge in [0.25, 0.3) is 0 Å². The fourth-order valence-electron chi connectivity index (χ4n) is 3.64. The molecule has 2 N–H and O–H groups in total. The third-order valence-electron chi connectivity index (χ3n) is 4.78. The first-order chi connectivity index (χ1) is 9.36. The van der Waals surface area contributed by atoms with Crippen LogP contribution in [0.4, 0.5) is 0 Å². The van der Waals surface area contributed by atoms with Crippen molar-refractivity contribution in [2.24, 2.45) is 17.6 Å². The molecule has 0 aromatic heterocycles. The van der Waals surface area contributed by atoms with Crippen LogP contribution in [0.25, 0.3) is 0 Å². The van der Waals surface area contributed by atoms with Gasteiger partial charge in [0, 0.05) is 17.5 Å². The van der Waals surface area contributed by atoms with Crippen LogP contribution in [0.1, 0.15) is 43.5 Å². The summed E-state index contributed by atoms with van der Waals surface area (Å²) in [7, 11) is 1.71. The Morgan fingerprint density at radius 3 is 2.30 bits per heavy atom. The van der Waals surface area contributed by atoms with Crippen LogP contribution in [0.3, 0.4) is 0 Å². The largest absolute Gasteiger partial charge is 0.496 e. The average molecular weight is 277 g/mol. The summed E-state index contributed by atoms with van der Waals surface area (Å²) in [5.41, 5.74) is 10.1. The minimum absolute atomic E-state index is 0.0551. The minimum Gasteiger partial charge on any atom is -0.496 e. The molecule has 1 aromatic rings. The number of nitrogens with two attached hydrogens (primary N) is 1. The summed E-state index contributed by atoms with van der Waals surface area (Å²) in [6.45, 7) is 10.7. The van der Waals surface area contributed by atoms with Gasteiger partial charge in [-0.1, -0.05) is 13.0 Å². The normalized spacial score (nSPS) is 31.4. The second kappa shape index (κ2) is 5.74. The molecule has 0 radical (unpaired) electrons. The number of hydrogen-bond donors (Lipinski definition) is 1. The van der Waals surface area contributed by atoms with E-state index in [-0.39, 0.29) is 18.2 Å². The van der Waals surface area contributed by atoms with Crippen molar-refractivity contribution in [2.45, 2.75) is 52.9 Å². The number of aryl methyl sites for hydroxylation is 2. The number of benzene rings is 1. The van der Waals surface area contributed by atoms with Crippen LogP contribution >= 0.6 is 0 Å². The standard InChI is InChI=1S/C17H27NO2/c1-9-7-10(2)15(14(8-9)19-6)17(18)16-11(3)12(4)20-13(16)5/h7-8,11-13,16-17H,18H2,1-6H3. The van der Waals surface area contributed by atoms with Crippen LogP contribution < -0.4 is 10.5 Å². The van der Waals surface area contributed by atoms with Crippen LogP contribution in [0.15, 0.2) is 12.1 Å². The molecule has 3 nitrogen and oxygen atoms in total. The fraction of sp³-hybridized carbons (Fsp3) is 0.647. The van der Waals surface area contributed by atoms with Gasteiger partial charge in [-0.15, -0.1) is 0 Å². The maximum Gasteiger partial charge on any atom is 0.124 e. The molecule has 0 spiro atoms. The number of ether oxygens (including phenoxy) is 2. The third-order valence-corrected chi connectivity index (χ3v) is 4.78. The van der Waals surface area contributed by atoms with Crippen LogP contribution in [-0.2, 0) is 4.74 Å². The zero-order chi connectivity index (χ0) is 15.0. The van der Waals surface area contributed by atoms with Gasteiger partial charge in [0.05, 0.1) is 19.3 Å². The molecule has 1 aromatic carbocycles. The second-order valence-corrected chi connectivity index (χ2v) is 6.21. The highest BCUT2D eigenvalue weighted by atomic mass is 16.5. The van der Waals surface area contributed by atoms with Gasteiger partial charge in [-0.05, 0) is 50.8 Å². The molecule has 0 saturated carbocycles. The molecule has 0 aliphatic carbocycles. The lowest BCUT2D eigenvalue weighted by Gasteiger charge is -2.28. The maximum absolute atomic E-state index is 6.61. The molecule has 1 aliphatic rings. The first kappa shape index (κ1) is 15.3. The van der Waals surface area contributed by atoms with Crippen LogP contribution in [0, 0.1) is 25.7 Å². The Hall–Kier alpha value is -1.06. The van der Waals surface area contributed by atoms with E-state index in [4.69, 9.17) is 15.2 Å². The van der Waals surface area contributed by atoms with E-state index in [9.17, 15) is 0 Å². The van der Waals surface area contributed by atoms with Crippen molar-refractivity contribution >= 4 is 0 Å². The lowest BCUT2D eigenvalue weighted by molar-refractivity contribution is 0.0488. The van der Waals surface area contributed by atoms with Gasteiger partial charge in [0.15, 0.2) is 0 Å². The quantitative estimate of drug-likeness (QED) is 0.921. The van der Waals surface area contributed by atoms with Crippen molar-refractivity contribution in [3.63, 3.8) is 0 Å². The van der Waals surface area contributed by atoms with E-state index in [2.05, 4.69) is 46.8 Å². The molecule has 1 aliphatic heterocycles. The van der Waals surface area contributed by atoms with E-state index in [1.54, 1.807) is 7.11 Å². The first-order valence-electron chi connectivity index (χ1n) is 7.43. The minimum atomic E-state index is -0.0551. The molecule has 112 valence electrons. The summed E-state index contributed by atoms with van der Waals surface area (Å²) >= 11 is 0. The van der Waals surface area contributed by atoms with Gasteiger partial charge < -0.3 is 15.2 Å². The number of rotatable bonds is 3. The highest BCUT2D eigenvalue weighted by molar-refractivity contribution is 5.45. The van der Waals surface area contributed by atoms with Crippen LogP contribution in [0.5, 0.6) is 5.75 Å². The maximum atomic E-state index is 6.61. The second-order valence-electron chi connectivity index (χ2n) is 6.21. The van der Waals surface area contributed by atoms with Gasteiger partial charge in [0.2, 0.25) is 0 Å². The van der Waals surface area contributed by atoms with Crippen LogP contribution in [0.2, 0.25) is 0 Å². The van der Waals surface area contributed by atoms with Crippen molar-refractivity contribution in [2.75, 3.05) is 7.11 Å². The molecule has 5 atom stereocenters. The van der Waals surface area contributed by atoms with Crippen molar-refractivity contribution in [3.8, 4) is 5.75 Å². The first-order valence-corrected chi connectivity index (χ1v) is 7.43. The van der Waals surface area contributed by atoms with Crippen molar-refractivity contribution < 1.29 is 9.47 Å². The monoisotopic (exact) mass is 277 g/mol. The lowest BCUT2D eigenvalue weighted by atomic mass is 9.79. The average Bonchev–Trinajstić information content (AvgIpc) is 2.61. The molecular formula is C17H27NO2. The molecule has 0 bridgehead atoms. The van der Waals surface area contributed by atoms with E-state index in [0.717, 1.165) is 11.3 Å². The highest BCUT2D eigenvalue weighted by Crippen LogP contribution is 2.42. The Morgan fingerprint density at radius 2 is 1.80 bits per heavy atom. The molecule has 5 unspecified atom stereocenters. The summed E-state index contributed by atoms with van der Waals surface area (Å²) in [5, 5.41) is 0. The zero-order valence-corrected chi connectivity index (χ0v) is 13.4. The Morgan fingerprint density at radius 1 is 1.15 bits per heavy atom. The summed E-state index contributed by atoms with van der Waals surface area (Å²) < 4.78 is 11.5. The van der Waals surface area contributed by atoms with Gasteiger partial charge in [-0.2, -0.15) is 0 Å². The molecular weight excluding hydrogens is 250 g/mol. The number of methoxy groups -OCH3 is 1. The van der Waals surface area contributed by atoms with Gasteiger partial charge >= 0.3 is 0 Å². The zero-order valence-electron chi connectivity index (χ0n) is 13.4. The fourth-order valence-corrected chi connectivity index (χ4v) is 3.64. The van der Waals surface area contributed by atoms with E-state index in [1.807, 2.05) is 0 Å². The third kappa shape index (κ3) is 2.57. The van der Waals surface area contributed by atoms with Gasteiger partial charge in [-0.3, -0.25) is 0 Å². The molecule has 1 fully saturated rings. The predicted molar refractivity (Wildman–Crippen MR) is 82.1 cm³/mol. The van der Waals surface area contributed by atoms with E-state index < -0.39 is 0 Å². The Labute approximate surface area is 122 Å². The van der Waals surface area contributed by atoms with Crippen molar-refractivity contribution in [3.05, 3.63) is 28.8 Å². The van der Waals surface area contributed by atoms with Gasteiger partial charge in [0.1, 0.15) is 5.75 Å². The van der Waals surface area contributed by atoms with E-state index in [1.165, 1.54) is 11.1 Å². The van der Waals surface area contributed by atoms with E-state index in [0.29, 0.717) is 11.8 Å². The topological polar surface area (TPSA) is 44.5 Å². The molecule has 1 saturated heterocycles. The molecule has 3 heteroatoms. The lowest BCUT2D eigenvalue weighted by Crippen LogP contribution is -2.31.